The molecule has 0 spiro atoms. The lowest BCUT2D eigenvalue weighted by Gasteiger charge is -2.34. The van der Waals surface area contributed by atoms with E-state index in [0.717, 1.165) is 62.7 Å². The van der Waals surface area contributed by atoms with Crippen LogP contribution in [0.15, 0.2) is 48.5 Å². The minimum absolute atomic E-state index is 0.0663. The van der Waals surface area contributed by atoms with Gasteiger partial charge in [0.1, 0.15) is 5.66 Å². The van der Waals surface area contributed by atoms with Gasteiger partial charge in [0.25, 0.3) is 0 Å². The van der Waals surface area contributed by atoms with Crippen molar-refractivity contribution in [3.8, 4) is 0 Å². The highest BCUT2D eigenvalue weighted by atomic mass is 31.2. The molecule has 2 aromatic rings. The van der Waals surface area contributed by atoms with E-state index in [-0.39, 0.29) is 18.2 Å². The van der Waals surface area contributed by atoms with Gasteiger partial charge in [0.15, 0.2) is 7.14 Å². The highest BCUT2D eigenvalue weighted by molar-refractivity contribution is 7.80. The summed E-state index contributed by atoms with van der Waals surface area (Å²) in [6.07, 6.45) is 7.36. The van der Waals surface area contributed by atoms with Crippen LogP contribution in [0.5, 0.6) is 0 Å². The average Bonchev–Trinajstić information content (AvgIpc) is 3.03. The van der Waals surface area contributed by atoms with Crippen LogP contribution in [0.3, 0.4) is 0 Å². The summed E-state index contributed by atoms with van der Waals surface area (Å²) < 4.78 is 15.9. The van der Waals surface area contributed by atoms with Crippen LogP contribution in [-0.2, 0) is 14.2 Å². The summed E-state index contributed by atoms with van der Waals surface area (Å²) in [7, 11) is 4.26. The summed E-state index contributed by atoms with van der Waals surface area (Å²) in [6, 6.07) is 15.4. The van der Waals surface area contributed by atoms with E-state index in [0.29, 0.717) is 36.8 Å². The first-order chi connectivity index (χ1) is 21.0. The Hall–Kier alpha value is -2.79. The molecule has 1 unspecified atom stereocenters. The third kappa shape index (κ3) is 10.1. The van der Waals surface area contributed by atoms with E-state index in [9.17, 15) is 9.59 Å². The third-order valence-electron chi connectivity index (χ3n) is 8.38. The first-order valence-corrected chi connectivity index (χ1v) is 18.5. The quantitative estimate of drug-likeness (QED) is 0.152. The molecule has 246 valence electrons. The van der Waals surface area contributed by atoms with Gasteiger partial charge in [-0.2, -0.15) is 0 Å². The summed E-state index contributed by atoms with van der Waals surface area (Å²) in [5.74, 6) is -0.242. The Kier molecular flexibility index (Phi) is 16.1. The number of unbranched alkanes of at least 4 members (excludes halogenated alkanes) is 4. The van der Waals surface area contributed by atoms with Crippen molar-refractivity contribution in [3.05, 3.63) is 48.5 Å². The number of hydrogen-bond donors (Lipinski definition) is 0. The summed E-state index contributed by atoms with van der Waals surface area (Å²) in [5.41, 5.74) is 0.991. The van der Waals surface area contributed by atoms with E-state index < -0.39 is 12.8 Å². The molecule has 7 nitrogen and oxygen atoms in total. The standard InChI is InChI=1S/C36H59N4O3P/c1-9-13-25-39(26-14-10-2)35(41)29-34(36(42)40(27-15-11-3)28-16-12-4)44(43,32-21-17-30(18-22-32)37(5)6)33-23-19-31(20-24-33)38(7)8/h17-24,34H,9-16,25-29H2,1-8H3. The lowest BCUT2D eigenvalue weighted by atomic mass is 10.2. The lowest BCUT2D eigenvalue weighted by Crippen LogP contribution is -2.46. The van der Waals surface area contributed by atoms with Crippen molar-refractivity contribution >= 4 is 40.9 Å². The maximum Gasteiger partial charge on any atom is 0.234 e. The molecule has 0 saturated carbocycles. The molecule has 8 heteroatoms. The molecule has 0 N–H and O–H groups in total. The fraction of sp³-hybridized carbons (Fsp3) is 0.611. The monoisotopic (exact) mass is 626 g/mol. The Morgan fingerprint density at radius 1 is 0.591 bits per heavy atom. The molecule has 0 aromatic heterocycles. The van der Waals surface area contributed by atoms with E-state index in [4.69, 9.17) is 0 Å². The van der Waals surface area contributed by atoms with Gasteiger partial charge in [-0.3, -0.25) is 9.59 Å². The molecule has 44 heavy (non-hydrogen) atoms. The van der Waals surface area contributed by atoms with Gasteiger partial charge >= 0.3 is 0 Å². The van der Waals surface area contributed by atoms with Gasteiger partial charge in [0.05, 0.1) is 0 Å². The Bertz CT molecular complexity index is 1110. The molecule has 2 aromatic carbocycles. The number of amides is 2. The van der Waals surface area contributed by atoms with E-state index in [1.807, 2.05) is 96.3 Å². The molecule has 0 aliphatic carbocycles. The first-order valence-electron chi connectivity index (χ1n) is 16.8. The molecule has 0 fully saturated rings. The van der Waals surface area contributed by atoms with E-state index in [2.05, 4.69) is 27.7 Å². The predicted octanol–water partition coefficient (Wildman–Crippen LogP) is 6.75. The highest BCUT2D eigenvalue weighted by Gasteiger charge is 2.45. The molecular weight excluding hydrogens is 567 g/mol. The van der Waals surface area contributed by atoms with Crippen molar-refractivity contribution in [1.82, 2.24) is 9.80 Å². The average molecular weight is 627 g/mol. The fourth-order valence-corrected chi connectivity index (χ4v) is 8.51. The summed E-state index contributed by atoms with van der Waals surface area (Å²) in [4.78, 5) is 36.7. The van der Waals surface area contributed by atoms with Gasteiger partial charge in [0, 0.05) is 82.8 Å². The van der Waals surface area contributed by atoms with Crippen molar-refractivity contribution < 1.29 is 14.2 Å². The number of anilines is 2. The van der Waals surface area contributed by atoms with Crippen LogP contribution in [0.4, 0.5) is 11.4 Å². The molecular formula is C36H59N4O3P. The van der Waals surface area contributed by atoms with Crippen molar-refractivity contribution in [1.29, 1.82) is 0 Å². The molecule has 0 radical (unpaired) electrons. The largest absolute Gasteiger partial charge is 0.378 e. The SMILES string of the molecule is CCCCN(CCCC)C(=O)CC(C(=O)N(CCCC)CCCC)P(=O)(c1ccc(N(C)C)cc1)c1ccc(N(C)C)cc1. The van der Waals surface area contributed by atoms with E-state index in [1.165, 1.54) is 0 Å². The van der Waals surface area contributed by atoms with Crippen LogP contribution in [0, 0.1) is 0 Å². The molecule has 2 rings (SSSR count). The summed E-state index contributed by atoms with van der Waals surface area (Å²) in [5, 5.41) is 1.23. The number of benzene rings is 2. The van der Waals surface area contributed by atoms with Gasteiger partial charge in [0.2, 0.25) is 11.8 Å². The summed E-state index contributed by atoms with van der Waals surface area (Å²) in [6.45, 7) is 11.0. The van der Waals surface area contributed by atoms with Crippen LogP contribution in [0.25, 0.3) is 0 Å². The molecule has 1 atom stereocenters. The number of hydrogen-bond acceptors (Lipinski definition) is 5. The Morgan fingerprint density at radius 2 is 0.932 bits per heavy atom. The lowest BCUT2D eigenvalue weighted by molar-refractivity contribution is -0.136. The third-order valence-corrected chi connectivity index (χ3v) is 11.8. The number of rotatable bonds is 20. The maximum atomic E-state index is 15.9. The van der Waals surface area contributed by atoms with Crippen LogP contribution in [-0.4, -0.2) is 81.6 Å². The van der Waals surface area contributed by atoms with E-state index in [1.54, 1.807) is 0 Å². The van der Waals surface area contributed by atoms with Crippen LogP contribution in [0.1, 0.15) is 85.5 Å². The molecule has 0 heterocycles. The molecule has 0 aliphatic rings. The molecule has 2 amide bonds. The first kappa shape index (κ1) is 37.4. The zero-order valence-electron chi connectivity index (χ0n) is 28.8. The maximum absolute atomic E-state index is 15.9. The summed E-state index contributed by atoms with van der Waals surface area (Å²) >= 11 is 0. The van der Waals surface area contributed by atoms with Gasteiger partial charge < -0.3 is 24.2 Å². The van der Waals surface area contributed by atoms with Gasteiger partial charge in [-0.05, 0) is 74.2 Å². The molecule has 0 bridgehead atoms. The van der Waals surface area contributed by atoms with E-state index >= 15 is 4.57 Å². The van der Waals surface area contributed by atoms with Gasteiger partial charge in [-0.1, -0.05) is 53.4 Å². The van der Waals surface area contributed by atoms with Crippen LogP contribution < -0.4 is 20.4 Å². The van der Waals surface area contributed by atoms with Crippen molar-refractivity contribution in [3.63, 3.8) is 0 Å². The van der Waals surface area contributed by atoms with Gasteiger partial charge in [-0.15, -0.1) is 0 Å². The zero-order valence-corrected chi connectivity index (χ0v) is 29.7. The van der Waals surface area contributed by atoms with Crippen molar-refractivity contribution in [2.24, 2.45) is 0 Å². The number of carbonyl (C=O) groups excluding carboxylic acids is 2. The Labute approximate surface area is 268 Å². The zero-order chi connectivity index (χ0) is 32.7. The normalized spacial score (nSPS) is 12.1. The smallest absolute Gasteiger partial charge is 0.234 e. The molecule has 0 saturated heterocycles. The molecule has 0 aliphatic heterocycles. The minimum atomic E-state index is -3.63. The fourth-order valence-electron chi connectivity index (χ4n) is 5.42. The highest BCUT2D eigenvalue weighted by Crippen LogP contribution is 2.51. The topological polar surface area (TPSA) is 64.2 Å². The van der Waals surface area contributed by atoms with Crippen LogP contribution >= 0.6 is 7.14 Å². The number of carbonyl (C=O) groups is 2. The predicted molar refractivity (Wildman–Crippen MR) is 190 cm³/mol. The second kappa shape index (κ2) is 18.9. The minimum Gasteiger partial charge on any atom is -0.378 e. The van der Waals surface area contributed by atoms with Crippen molar-refractivity contribution in [2.45, 2.75) is 91.1 Å². The number of nitrogens with zero attached hydrogens (tertiary/aromatic N) is 4. The van der Waals surface area contributed by atoms with Crippen molar-refractivity contribution in [2.75, 3.05) is 64.2 Å². The second-order valence-electron chi connectivity index (χ2n) is 12.3. The van der Waals surface area contributed by atoms with Crippen LogP contribution in [0.2, 0.25) is 0 Å². The Morgan fingerprint density at radius 3 is 1.25 bits per heavy atom. The second-order valence-corrected chi connectivity index (χ2v) is 15.3. The Balaban J connectivity index is 2.79. The van der Waals surface area contributed by atoms with Gasteiger partial charge in [-0.25, -0.2) is 0 Å².